The molecule has 2 aliphatic rings. The Morgan fingerprint density at radius 2 is 2.00 bits per heavy atom. The van der Waals surface area contributed by atoms with Crippen LogP contribution in [-0.4, -0.2) is 47.7 Å². The molecule has 2 aliphatic heterocycles. The van der Waals surface area contributed by atoms with Crippen molar-refractivity contribution in [2.24, 2.45) is 5.92 Å². The first kappa shape index (κ1) is 9.74. The average molecular weight is 200 g/mol. The lowest BCUT2D eigenvalue weighted by molar-refractivity contribution is 0.0655. The standard InChI is InChI=1S/C10H17FN2O/c1-7-3-4-13(8(7)2)10(14)12-5-9(11)6-12/h7-9H,3-6H2,1-2H3. The number of nitrogens with zero attached hydrogens (tertiary/aromatic N) is 2. The summed E-state index contributed by atoms with van der Waals surface area (Å²) in [6.07, 6.45) is 0.272. The van der Waals surface area contributed by atoms with Crippen LogP contribution < -0.4 is 0 Å². The summed E-state index contributed by atoms with van der Waals surface area (Å²) in [7, 11) is 0. The van der Waals surface area contributed by atoms with E-state index in [1.54, 1.807) is 4.90 Å². The van der Waals surface area contributed by atoms with Crippen LogP contribution in [0.1, 0.15) is 20.3 Å². The van der Waals surface area contributed by atoms with E-state index in [0.717, 1.165) is 13.0 Å². The molecule has 4 heteroatoms. The Morgan fingerprint density at radius 1 is 1.36 bits per heavy atom. The van der Waals surface area contributed by atoms with Crippen LogP contribution >= 0.6 is 0 Å². The summed E-state index contributed by atoms with van der Waals surface area (Å²) in [6.45, 7) is 5.63. The van der Waals surface area contributed by atoms with Crippen molar-refractivity contribution in [2.45, 2.75) is 32.5 Å². The highest BCUT2D eigenvalue weighted by molar-refractivity contribution is 5.76. The molecule has 2 heterocycles. The number of hydrogen-bond acceptors (Lipinski definition) is 1. The smallest absolute Gasteiger partial charge is 0.320 e. The zero-order valence-corrected chi connectivity index (χ0v) is 8.74. The van der Waals surface area contributed by atoms with E-state index < -0.39 is 6.17 Å². The topological polar surface area (TPSA) is 23.6 Å². The minimum Gasteiger partial charge on any atom is -0.322 e. The first-order valence-corrected chi connectivity index (χ1v) is 5.29. The van der Waals surface area contributed by atoms with Gasteiger partial charge in [0.25, 0.3) is 0 Å². The second kappa shape index (κ2) is 3.41. The molecule has 0 spiro atoms. The van der Waals surface area contributed by atoms with Gasteiger partial charge in [0.2, 0.25) is 0 Å². The van der Waals surface area contributed by atoms with Crippen molar-refractivity contribution in [1.29, 1.82) is 0 Å². The van der Waals surface area contributed by atoms with E-state index in [1.165, 1.54) is 0 Å². The lowest BCUT2D eigenvalue weighted by Crippen LogP contribution is -2.56. The van der Waals surface area contributed by atoms with Gasteiger partial charge in [-0.15, -0.1) is 0 Å². The molecular formula is C10H17FN2O. The molecule has 2 amide bonds. The highest BCUT2D eigenvalue weighted by Crippen LogP contribution is 2.26. The zero-order valence-electron chi connectivity index (χ0n) is 8.74. The number of hydrogen-bond donors (Lipinski definition) is 0. The Balaban J connectivity index is 1.92. The number of halogens is 1. The number of amides is 2. The van der Waals surface area contributed by atoms with E-state index in [1.807, 2.05) is 4.90 Å². The van der Waals surface area contributed by atoms with E-state index in [9.17, 15) is 9.18 Å². The number of alkyl halides is 1. The number of urea groups is 1. The maximum atomic E-state index is 12.6. The van der Waals surface area contributed by atoms with Gasteiger partial charge in [-0.05, 0) is 19.3 Å². The van der Waals surface area contributed by atoms with Gasteiger partial charge in [0.1, 0.15) is 6.17 Å². The van der Waals surface area contributed by atoms with Crippen LogP contribution in [0.5, 0.6) is 0 Å². The Bertz CT molecular complexity index is 240. The zero-order chi connectivity index (χ0) is 10.3. The van der Waals surface area contributed by atoms with Crippen LogP contribution in [-0.2, 0) is 0 Å². The maximum absolute atomic E-state index is 12.6. The maximum Gasteiger partial charge on any atom is 0.320 e. The van der Waals surface area contributed by atoms with E-state index >= 15 is 0 Å². The molecule has 0 radical (unpaired) electrons. The molecule has 0 N–H and O–H groups in total. The summed E-state index contributed by atoms with van der Waals surface area (Å²) in [6, 6.07) is 0.330. The predicted octanol–water partition coefficient (Wildman–Crippen LogP) is 1.49. The van der Waals surface area contributed by atoms with Gasteiger partial charge in [-0.2, -0.15) is 0 Å². The van der Waals surface area contributed by atoms with Crippen molar-refractivity contribution in [3.8, 4) is 0 Å². The van der Waals surface area contributed by atoms with Gasteiger partial charge >= 0.3 is 6.03 Å². The average Bonchev–Trinajstić information content (AvgIpc) is 2.42. The number of likely N-dealkylation sites (tertiary alicyclic amines) is 2. The number of carbonyl (C=O) groups is 1. The third-order valence-electron chi connectivity index (χ3n) is 3.49. The summed E-state index contributed by atoms with van der Waals surface area (Å²) in [5.41, 5.74) is 0. The largest absolute Gasteiger partial charge is 0.322 e. The van der Waals surface area contributed by atoms with E-state index in [0.29, 0.717) is 12.0 Å². The Labute approximate surface area is 83.9 Å². The molecule has 0 saturated carbocycles. The molecule has 2 fully saturated rings. The monoisotopic (exact) mass is 200 g/mol. The summed E-state index contributed by atoms with van der Waals surface area (Å²) < 4.78 is 12.6. The molecule has 3 nitrogen and oxygen atoms in total. The molecule has 0 aromatic heterocycles. The Kier molecular flexibility index (Phi) is 2.37. The quantitative estimate of drug-likeness (QED) is 0.581. The summed E-state index contributed by atoms with van der Waals surface area (Å²) in [5.74, 6) is 0.571. The normalized spacial score (nSPS) is 33.4. The molecule has 0 bridgehead atoms. The minimum absolute atomic E-state index is 0.0238. The highest BCUT2D eigenvalue weighted by Gasteiger charge is 2.38. The van der Waals surface area contributed by atoms with Crippen molar-refractivity contribution in [3.63, 3.8) is 0 Å². The number of rotatable bonds is 0. The predicted molar refractivity (Wildman–Crippen MR) is 51.8 cm³/mol. The fraction of sp³-hybridized carbons (Fsp3) is 0.900. The Morgan fingerprint density at radius 3 is 2.43 bits per heavy atom. The van der Waals surface area contributed by atoms with Crippen LogP contribution in [0.2, 0.25) is 0 Å². The van der Waals surface area contributed by atoms with Gasteiger partial charge in [-0.1, -0.05) is 6.92 Å². The lowest BCUT2D eigenvalue weighted by atomic mass is 10.1. The fourth-order valence-electron chi connectivity index (χ4n) is 2.13. The summed E-state index contributed by atoms with van der Waals surface area (Å²) in [5, 5.41) is 0. The van der Waals surface area contributed by atoms with Crippen LogP contribution in [0.4, 0.5) is 9.18 Å². The molecule has 0 aromatic rings. The third kappa shape index (κ3) is 1.47. The van der Waals surface area contributed by atoms with Crippen LogP contribution in [0.15, 0.2) is 0 Å². The van der Waals surface area contributed by atoms with Crippen molar-refractivity contribution in [2.75, 3.05) is 19.6 Å². The van der Waals surface area contributed by atoms with Crippen molar-refractivity contribution in [1.82, 2.24) is 9.80 Å². The van der Waals surface area contributed by atoms with Crippen molar-refractivity contribution < 1.29 is 9.18 Å². The Hall–Kier alpha value is -0.800. The second-order valence-corrected chi connectivity index (χ2v) is 4.48. The third-order valence-corrected chi connectivity index (χ3v) is 3.49. The van der Waals surface area contributed by atoms with Crippen LogP contribution in [0, 0.1) is 5.92 Å². The SMILES string of the molecule is CC1CCN(C(=O)N2CC(F)C2)C1C. The lowest BCUT2D eigenvalue weighted by Gasteiger charge is -2.38. The van der Waals surface area contributed by atoms with E-state index in [-0.39, 0.29) is 19.1 Å². The van der Waals surface area contributed by atoms with E-state index in [4.69, 9.17) is 0 Å². The van der Waals surface area contributed by atoms with Gasteiger partial charge in [0, 0.05) is 12.6 Å². The molecule has 2 saturated heterocycles. The van der Waals surface area contributed by atoms with Crippen LogP contribution in [0.25, 0.3) is 0 Å². The van der Waals surface area contributed by atoms with Gasteiger partial charge in [-0.3, -0.25) is 0 Å². The van der Waals surface area contributed by atoms with Crippen molar-refractivity contribution >= 4 is 6.03 Å². The molecule has 0 aliphatic carbocycles. The van der Waals surface area contributed by atoms with Crippen LogP contribution in [0.3, 0.4) is 0 Å². The molecular weight excluding hydrogens is 183 g/mol. The molecule has 80 valence electrons. The molecule has 2 atom stereocenters. The number of carbonyl (C=O) groups excluding carboxylic acids is 1. The molecule has 2 unspecified atom stereocenters. The van der Waals surface area contributed by atoms with Gasteiger partial charge in [0.15, 0.2) is 0 Å². The van der Waals surface area contributed by atoms with Gasteiger partial charge in [-0.25, -0.2) is 9.18 Å². The first-order valence-electron chi connectivity index (χ1n) is 5.29. The highest BCUT2D eigenvalue weighted by atomic mass is 19.1. The molecule has 0 aromatic carbocycles. The van der Waals surface area contributed by atoms with Gasteiger partial charge in [0.05, 0.1) is 13.1 Å². The molecule has 2 rings (SSSR count). The fourth-order valence-corrected chi connectivity index (χ4v) is 2.13. The summed E-state index contributed by atoms with van der Waals surface area (Å²) in [4.78, 5) is 15.3. The van der Waals surface area contributed by atoms with Crippen molar-refractivity contribution in [3.05, 3.63) is 0 Å². The second-order valence-electron chi connectivity index (χ2n) is 4.48. The van der Waals surface area contributed by atoms with E-state index in [2.05, 4.69) is 13.8 Å². The first-order chi connectivity index (χ1) is 6.59. The summed E-state index contributed by atoms with van der Waals surface area (Å²) >= 11 is 0. The van der Waals surface area contributed by atoms with Gasteiger partial charge < -0.3 is 9.80 Å². The molecule has 14 heavy (non-hydrogen) atoms. The minimum atomic E-state index is -0.797.